The van der Waals surface area contributed by atoms with Gasteiger partial charge in [0.1, 0.15) is 18.5 Å². The molecule has 214 valence electrons. The molecule has 2 aromatic heterocycles. The Kier molecular flexibility index (Phi) is 8.68. The number of thioether (sulfide) groups is 1. The topological polar surface area (TPSA) is 241 Å². The highest BCUT2D eigenvalue weighted by Gasteiger charge is 2.53. The monoisotopic (exact) mass is 613 g/mol. The number of anilines is 1. The number of carboxylic acid groups (broad SMARTS) is 1. The molecule has 5 N–H and O–H groups in total. The molecule has 2 aromatic rings. The molecular formula is C21H23N7O9S3. The van der Waals surface area contributed by atoms with E-state index < -0.39 is 39.6 Å². The Hall–Kier alpha value is -3.65. The summed E-state index contributed by atoms with van der Waals surface area (Å²) in [6, 6.07) is 3.09. The Morgan fingerprint density at radius 3 is 2.73 bits per heavy atom. The number of β-lactam (4-membered cyclic amide) rings is 1. The number of pyridine rings is 1. The van der Waals surface area contributed by atoms with E-state index in [1.165, 1.54) is 35.0 Å². The molecule has 5 rings (SSSR count). The fourth-order valence-electron chi connectivity index (χ4n) is 4.57. The van der Waals surface area contributed by atoms with Gasteiger partial charge in [0.2, 0.25) is 11.5 Å². The van der Waals surface area contributed by atoms with Gasteiger partial charge in [-0.25, -0.2) is 0 Å². The number of oxime groups is 1. The summed E-state index contributed by atoms with van der Waals surface area (Å²) in [6.07, 6.45) is 4.92. The predicted molar refractivity (Wildman–Crippen MR) is 138 cm³/mol. The normalized spacial score (nSPS) is 20.1. The van der Waals surface area contributed by atoms with E-state index in [9.17, 15) is 19.5 Å². The fraction of sp³-hybridized carbons (Fsp3) is 0.381. The molecule has 2 amide bonds. The van der Waals surface area contributed by atoms with Gasteiger partial charge in [0.05, 0.1) is 11.7 Å². The molecule has 0 bridgehead atoms. The molecule has 19 heteroatoms. The van der Waals surface area contributed by atoms with Crippen LogP contribution in [0.3, 0.4) is 0 Å². The lowest BCUT2D eigenvalue weighted by molar-refractivity contribution is -0.696. The van der Waals surface area contributed by atoms with Crippen molar-refractivity contribution >= 4 is 62.3 Å². The van der Waals surface area contributed by atoms with E-state index in [-0.39, 0.29) is 22.4 Å². The minimum Gasteiger partial charge on any atom is -0.543 e. The molecular weight excluding hydrogens is 590 g/mol. The summed E-state index contributed by atoms with van der Waals surface area (Å²) in [5.74, 6) is -2.34. The lowest BCUT2D eigenvalue weighted by Gasteiger charge is -2.50. The number of hydrogen-bond acceptors (Lipinski definition) is 13. The Morgan fingerprint density at radius 2 is 2.10 bits per heavy atom. The van der Waals surface area contributed by atoms with Crippen molar-refractivity contribution in [1.82, 2.24) is 19.6 Å². The summed E-state index contributed by atoms with van der Waals surface area (Å²) in [5.41, 5.74) is 8.26. The minimum absolute atomic E-state index is 0.0307. The van der Waals surface area contributed by atoms with E-state index >= 15 is 0 Å². The number of carbonyl (C=O) groups excluding carboxylic acids is 3. The summed E-state index contributed by atoms with van der Waals surface area (Å²) >= 11 is 2.27. The summed E-state index contributed by atoms with van der Waals surface area (Å²) in [5, 5.41) is 17.9. The van der Waals surface area contributed by atoms with Gasteiger partial charge in [-0.1, -0.05) is 5.16 Å². The largest absolute Gasteiger partial charge is 0.543 e. The molecule has 4 heterocycles. The second-order valence-corrected chi connectivity index (χ2v) is 11.4. The number of fused-ring (bicyclic) bond motifs is 2. The SMILES string of the molecule is CO/N=C(\C(=O)N[C@@H]1C(=O)N2C(C(=O)[O-])=C(C[n+]3cccc4c3CCC4)CS[C@H]12)c1nsc(N)n1.O=S(=O)(O)O. The minimum atomic E-state index is -4.67. The Labute approximate surface area is 235 Å². The zero-order valence-electron chi connectivity index (χ0n) is 20.7. The molecule has 1 fully saturated rings. The van der Waals surface area contributed by atoms with Crippen molar-refractivity contribution < 1.29 is 46.4 Å². The van der Waals surface area contributed by atoms with Crippen molar-refractivity contribution in [3.63, 3.8) is 0 Å². The maximum atomic E-state index is 13.0. The molecule has 1 aliphatic carbocycles. The molecule has 40 heavy (non-hydrogen) atoms. The second kappa shape index (κ2) is 11.8. The Bertz CT molecular complexity index is 1520. The van der Waals surface area contributed by atoms with Crippen LogP contribution in [0.4, 0.5) is 5.13 Å². The van der Waals surface area contributed by atoms with Crippen LogP contribution in [0.5, 0.6) is 0 Å². The zero-order valence-corrected chi connectivity index (χ0v) is 23.2. The van der Waals surface area contributed by atoms with Crippen molar-refractivity contribution in [2.75, 3.05) is 18.6 Å². The summed E-state index contributed by atoms with van der Waals surface area (Å²) in [6.45, 7) is 0.356. The molecule has 3 aliphatic rings. The van der Waals surface area contributed by atoms with E-state index in [4.69, 9.17) is 28.1 Å². The highest BCUT2D eigenvalue weighted by atomic mass is 32.3. The number of nitrogens with two attached hydrogens (primary N) is 1. The number of hydrogen-bond donors (Lipinski definition) is 4. The van der Waals surface area contributed by atoms with Gasteiger partial charge in [0.25, 0.3) is 11.8 Å². The number of nitrogens with zero attached hydrogens (tertiary/aromatic N) is 5. The molecule has 0 spiro atoms. The third kappa shape index (κ3) is 6.39. The third-order valence-corrected chi connectivity index (χ3v) is 7.96. The fourth-order valence-corrected chi connectivity index (χ4v) is 6.34. The van der Waals surface area contributed by atoms with E-state index in [0.717, 1.165) is 30.8 Å². The number of nitrogen functional groups attached to an aromatic ring is 1. The number of carboxylic acids is 1. The molecule has 0 saturated carbocycles. The number of rotatable bonds is 7. The van der Waals surface area contributed by atoms with Gasteiger partial charge in [-0.05, 0) is 18.9 Å². The van der Waals surface area contributed by atoms with Gasteiger partial charge < -0.3 is 25.8 Å². The molecule has 2 aliphatic heterocycles. The van der Waals surface area contributed by atoms with Crippen molar-refractivity contribution in [3.8, 4) is 0 Å². The Morgan fingerprint density at radius 1 is 1.38 bits per heavy atom. The van der Waals surface area contributed by atoms with Crippen molar-refractivity contribution in [2.45, 2.75) is 37.2 Å². The third-order valence-electron chi connectivity index (χ3n) is 6.08. The first-order valence-electron chi connectivity index (χ1n) is 11.5. The van der Waals surface area contributed by atoms with Crippen molar-refractivity contribution in [2.24, 2.45) is 5.16 Å². The van der Waals surface area contributed by atoms with Crippen LogP contribution in [0.25, 0.3) is 0 Å². The van der Waals surface area contributed by atoms with Crippen LogP contribution in [0.15, 0.2) is 34.8 Å². The number of aromatic nitrogens is 3. The van der Waals surface area contributed by atoms with Crippen LogP contribution < -0.4 is 20.7 Å². The van der Waals surface area contributed by atoms with Crippen LogP contribution in [0.1, 0.15) is 23.5 Å². The van der Waals surface area contributed by atoms with Gasteiger partial charge in [0, 0.05) is 40.9 Å². The van der Waals surface area contributed by atoms with E-state index in [0.29, 0.717) is 17.9 Å². The summed E-state index contributed by atoms with van der Waals surface area (Å²) in [7, 11) is -3.41. The van der Waals surface area contributed by atoms with Crippen molar-refractivity contribution in [1.29, 1.82) is 0 Å². The first-order chi connectivity index (χ1) is 18.9. The van der Waals surface area contributed by atoms with E-state index in [1.54, 1.807) is 0 Å². The smallest absolute Gasteiger partial charge is 0.394 e. The van der Waals surface area contributed by atoms with E-state index in [2.05, 4.69) is 25.9 Å². The average molecular weight is 614 g/mol. The standard InChI is InChI=1S/C21H21N7O5S2.H2O4S/c1-33-25-13(16-24-21(22)35-26-16)17(29)23-14-18(30)28-15(20(31)32)11(9-34-19(14)28)8-27-7-3-5-10-4-2-6-12(10)27;1-5(2,3)4/h3,5,7,14,19H,2,4,6,8-9H2,1H3,(H3-,22,23,24,26,29,31,32);(H2,1,2,3,4)/b25-13-;/t14-,19-;/m1./s1. The maximum absolute atomic E-state index is 13.0. The number of aryl methyl sites for hydroxylation is 1. The molecule has 1 saturated heterocycles. The van der Waals surface area contributed by atoms with Crippen LogP contribution in [-0.2, 0) is 49.0 Å². The van der Waals surface area contributed by atoms with Crippen molar-refractivity contribution in [3.05, 3.63) is 46.7 Å². The Balaban J connectivity index is 0.000000681. The number of nitrogens with one attached hydrogen (secondary N) is 1. The van der Waals surface area contributed by atoms with Gasteiger partial charge in [-0.3, -0.25) is 23.6 Å². The second-order valence-electron chi connectivity index (χ2n) is 8.59. The number of carbonyl (C=O) groups is 3. The molecule has 0 radical (unpaired) electrons. The molecule has 16 nitrogen and oxygen atoms in total. The lowest BCUT2D eigenvalue weighted by Crippen LogP contribution is -2.71. The maximum Gasteiger partial charge on any atom is 0.394 e. The highest BCUT2D eigenvalue weighted by molar-refractivity contribution is 8.00. The van der Waals surface area contributed by atoms with Gasteiger partial charge in [0.15, 0.2) is 23.6 Å². The zero-order chi connectivity index (χ0) is 29.2. The summed E-state index contributed by atoms with van der Waals surface area (Å²) < 4.78 is 37.6. The van der Waals surface area contributed by atoms with Crippen LogP contribution in [0.2, 0.25) is 0 Å². The quantitative estimate of drug-likeness (QED) is 0.0845. The van der Waals surface area contributed by atoms with Crippen LogP contribution >= 0.6 is 23.3 Å². The number of aliphatic carboxylic acids is 1. The average Bonchev–Trinajstić information content (AvgIpc) is 3.53. The van der Waals surface area contributed by atoms with Gasteiger partial charge >= 0.3 is 10.4 Å². The first kappa shape index (κ1) is 29.3. The van der Waals surface area contributed by atoms with Gasteiger partial charge in [-0.2, -0.15) is 22.3 Å². The lowest BCUT2D eigenvalue weighted by atomic mass is 10.0. The number of amides is 2. The van der Waals surface area contributed by atoms with Crippen LogP contribution in [0, 0.1) is 0 Å². The predicted octanol–water partition coefficient (Wildman–Crippen LogP) is -2.30. The summed E-state index contributed by atoms with van der Waals surface area (Å²) in [4.78, 5) is 47.8. The molecule has 2 atom stereocenters. The first-order valence-corrected chi connectivity index (χ1v) is 14.7. The molecule has 0 aromatic carbocycles. The van der Waals surface area contributed by atoms with Gasteiger partial charge in [-0.15, -0.1) is 11.8 Å². The highest BCUT2D eigenvalue weighted by Crippen LogP contribution is 2.40. The molecule has 0 unspecified atom stereocenters. The van der Waals surface area contributed by atoms with E-state index in [1.807, 2.05) is 16.8 Å². The van der Waals surface area contributed by atoms with Crippen LogP contribution in [-0.4, -0.2) is 79.6 Å².